The summed E-state index contributed by atoms with van der Waals surface area (Å²) in [5.74, 6) is -0.342. The minimum atomic E-state index is -0.231. The number of halogens is 1. The van der Waals surface area contributed by atoms with Crippen molar-refractivity contribution >= 4 is 27.7 Å². The Kier molecular flexibility index (Phi) is 5.59. The minimum Gasteiger partial charge on any atom is -0.352 e. The zero-order valence-electron chi connectivity index (χ0n) is 11.3. The third-order valence-electron chi connectivity index (χ3n) is 3.47. The van der Waals surface area contributed by atoms with Gasteiger partial charge in [0, 0.05) is 16.1 Å². The Bertz CT molecular complexity index is 485. The second kappa shape index (κ2) is 7.43. The highest BCUT2D eigenvalue weighted by molar-refractivity contribution is 9.10. The maximum atomic E-state index is 11.9. The maximum absolute atomic E-state index is 11.9. The average molecular weight is 339 g/mol. The molecule has 0 radical (unpaired) electrons. The number of benzene rings is 1. The summed E-state index contributed by atoms with van der Waals surface area (Å²) in [4.78, 5) is 23.7. The fourth-order valence-electron chi connectivity index (χ4n) is 2.42. The van der Waals surface area contributed by atoms with Crippen LogP contribution in [0.3, 0.4) is 0 Å². The predicted molar refractivity (Wildman–Crippen MR) is 81.5 cm³/mol. The average Bonchev–Trinajstić information content (AvgIpc) is 2.46. The fourth-order valence-corrected chi connectivity index (χ4v) is 2.82. The Morgan fingerprint density at radius 1 is 1.20 bits per heavy atom. The Hall–Kier alpha value is -1.36. The Morgan fingerprint density at radius 3 is 2.65 bits per heavy atom. The molecule has 0 unspecified atom stereocenters. The molecule has 0 heterocycles. The van der Waals surface area contributed by atoms with Gasteiger partial charge >= 0.3 is 0 Å². The van der Waals surface area contributed by atoms with E-state index >= 15 is 0 Å². The van der Waals surface area contributed by atoms with Crippen LogP contribution in [0.2, 0.25) is 0 Å². The van der Waals surface area contributed by atoms with Gasteiger partial charge in [-0.2, -0.15) is 0 Å². The zero-order valence-corrected chi connectivity index (χ0v) is 12.9. The van der Waals surface area contributed by atoms with E-state index in [9.17, 15) is 9.59 Å². The molecular weight excluding hydrogens is 320 g/mol. The summed E-state index contributed by atoms with van der Waals surface area (Å²) in [5.41, 5.74) is 0.546. The Morgan fingerprint density at radius 2 is 1.95 bits per heavy atom. The number of nitrogens with one attached hydrogen (secondary N) is 2. The van der Waals surface area contributed by atoms with Crippen molar-refractivity contribution < 1.29 is 9.59 Å². The van der Waals surface area contributed by atoms with Gasteiger partial charge in [-0.15, -0.1) is 0 Å². The van der Waals surface area contributed by atoms with Gasteiger partial charge in [-0.1, -0.05) is 41.3 Å². The van der Waals surface area contributed by atoms with Crippen LogP contribution in [0.1, 0.15) is 42.5 Å². The third-order valence-corrected chi connectivity index (χ3v) is 3.96. The standard InChI is InChI=1S/C15H19BrN2O2/c16-12-6-4-5-11(9-12)15(20)17-10-14(19)18-13-7-2-1-3-8-13/h4-6,9,13H,1-3,7-8,10H2,(H,17,20)(H,18,19). The van der Waals surface area contributed by atoms with Crippen molar-refractivity contribution in [3.63, 3.8) is 0 Å². The minimum absolute atomic E-state index is 0.0296. The van der Waals surface area contributed by atoms with Crippen molar-refractivity contribution in [3.05, 3.63) is 34.3 Å². The molecule has 0 bridgehead atoms. The highest BCUT2D eigenvalue weighted by atomic mass is 79.9. The van der Waals surface area contributed by atoms with Gasteiger partial charge in [0.1, 0.15) is 0 Å². The zero-order chi connectivity index (χ0) is 14.4. The normalized spacial score (nSPS) is 15.7. The SMILES string of the molecule is O=C(CNC(=O)c1cccc(Br)c1)NC1CCCCC1. The van der Waals surface area contributed by atoms with E-state index in [0.29, 0.717) is 5.56 Å². The van der Waals surface area contributed by atoms with Crippen molar-refractivity contribution in [2.45, 2.75) is 38.1 Å². The molecule has 1 aromatic carbocycles. The largest absolute Gasteiger partial charge is 0.352 e. The van der Waals surface area contributed by atoms with Gasteiger partial charge in [-0.25, -0.2) is 0 Å². The van der Waals surface area contributed by atoms with Gasteiger partial charge in [0.15, 0.2) is 0 Å². The smallest absolute Gasteiger partial charge is 0.251 e. The van der Waals surface area contributed by atoms with Crippen LogP contribution in [0.15, 0.2) is 28.7 Å². The lowest BCUT2D eigenvalue weighted by molar-refractivity contribution is -0.121. The first-order valence-electron chi connectivity index (χ1n) is 6.98. The van der Waals surface area contributed by atoms with Gasteiger partial charge in [0.2, 0.25) is 5.91 Å². The first kappa shape index (κ1) is 15.0. The molecule has 2 rings (SSSR count). The Labute approximate surface area is 127 Å². The van der Waals surface area contributed by atoms with E-state index in [4.69, 9.17) is 0 Å². The summed E-state index contributed by atoms with van der Waals surface area (Å²) in [6, 6.07) is 7.38. The van der Waals surface area contributed by atoms with Crippen LogP contribution in [0.25, 0.3) is 0 Å². The molecule has 0 aliphatic heterocycles. The van der Waals surface area contributed by atoms with E-state index in [2.05, 4.69) is 26.6 Å². The van der Waals surface area contributed by atoms with Crippen LogP contribution < -0.4 is 10.6 Å². The van der Waals surface area contributed by atoms with Crippen molar-refractivity contribution in [2.75, 3.05) is 6.54 Å². The van der Waals surface area contributed by atoms with Gasteiger partial charge < -0.3 is 10.6 Å². The van der Waals surface area contributed by atoms with E-state index in [1.807, 2.05) is 6.07 Å². The second-order valence-corrected chi connectivity index (χ2v) is 6.01. The molecule has 4 nitrogen and oxygen atoms in total. The highest BCUT2D eigenvalue weighted by Crippen LogP contribution is 2.17. The number of amides is 2. The first-order chi connectivity index (χ1) is 9.65. The summed E-state index contributed by atoms with van der Waals surface area (Å²) in [6.45, 7) is 0.0296. The quantitative estimate of drug-likeness (QED) is 0.886. The second-order valence-electron chi connectivity index (χ2n) is 5.10. The lowest BCUT2D eigenvalue weighted by Crippen LogP contribution is -2.42. The van der Waals surface area contributed by atoms with Crippen molar-refractivity contribution in [3.8, 4) is 0 Å². The molecule has 2 amide bonds. The molecule has 1 saturated carbocycles. The number of carbonyl (C=O) groups excluding carboxylic acids is 2. The summed E-state index contributed by atoms with van der Waals surface area (Å²) in [5, 5.41) is 5.62. The van der Waals surface area contributed by atoms with E-state index in [0.717, 1.165) is 17.3 Å². The lowest BCUT2D eigenvalue weighted by Gasteiger charge is -2.22. The monoisotopic (exact) mass is 338 g/mol. The molecule has 108 valence electrons. The molecule has 0 spiro atoms. The molecule has 1 aromatic rings. The van der Waals surface area contributed by atoms with Crippen LogP contribution in [-0.2, 0) is 4.79 Å². The number of rotatable bonds is 4. The summed E-state index contributed by atoms with van der Waals surface area (Å²) in [6.07, 6.45) is 5.70. The molecule has 5 heteroatoms. The van der Waals surface area contributed by atoms with E-state index < -0.39 is 0 Å². The highest BCUT2D eigenvalue weighted by Gasteiger charge is 2.16. The Balaban J connectivity index is 1.76. The lowest BCUT2D eigenvalue weighted by atomic mass is 9.95. The topological polar surface area (TPSA) is 58.2 Å². The van der Waals surface area contributed by atoms with Gasteiger partial charge in [0.25, 0.3) is 5.91 Å². The van der Waals surface area contributed by atoms with Crippen LogP contribution in [0, 0.1) is 0 Å². The molecule has 0 atom stereocenters. The molecule has 2 N–H and O–H groups in total. The third kappa shape index (κ3) is 4.63. The molecule has 0 aromatic heterocycles. The summed E-state index contributed by atoms with van der Waals surface area (Å²) < 4.78 is 0.844. The summed E-state index contributed by atoms with van der Waals surface area (Å²) in [7, 11) is 0. The van der Waals surface area contributed by atoms with Crippen molar-refractivity contribution in [1.82, 2.24) is 10.6 Å². The van der Waals surface area contributed by atoms with Crippen LogP contribution in [0.4, 0.5) is 0 Å². The van der Waals surface area contributed by atoms with Gasteiger partial charge in [-0.05, 0) is 31.0 Å². The van der Waals surface area contributed by atoms with E-state index in [1.165, 1.54) is 19.3 Å². The predicted octanol–water partition coefficient (Wildman–Crippen LogP) is 2.63. The fraction of sp³-hybridized carbons (Fsp3) is 0.467. The molecule has 1 aliphatic rings. The number of carbonyl (C=O) groups is 2. The first-order valence-corrected chi connectivity index (χ1v) is 7.77. The number of hydrogen-bond donors (Lipinski definition) is 2. The van der Waals surface area contributed by atoms with Gasteiger partial charge in [-0.3, -0.25) is 9.59 Å². The van der Waals surface area contributed by atoms with E-state index in [-0.39, 0.29) is 24.4 Å². The molecular formula is C15H19BrN2O2. The summed E-state index contributed by atoms with van der Waals surface area (Å²) >= 11 is 3.32. The molecule has 0 saturated heterocycles. The molecule has 1 aliphatic carbocycles. The van der Waals surface area contributed by atoms with Gasteiger partial charge in [0.05, 0.1) is 6.54 Å². The maximum Gasteiger partial charge on any atom is 0.251 e. The van der Waals surface area contributed by atoms with Crippen LogP contribution >= 0.6 is 15.9 Å². The van der Waals surface area contributed by atoms with Crippen molar-refractivity contribution in [2.24, 2.45) is 0 Å². The van der Waals surface area contributed by atoms with Crippen molar-refractivity contribution in [1.29, 1.82) is 0 Å². The van der Waals surface area contributed by atoms with Crippen LogP contribution in [0.5, 0.6) is 0 Å². The van der Waals surface area contributed by atoms with Crippen LogP contribution in [-0.4, -0.2) is 24.4 Å². The molecule has 1 fully saturated rings. The number of hydrogen-bond acceptors (Lipinski definition) is 2. The molecule has 20 heavy (non-hydrogen) atoms. The van der Waals surface area contributed by atoms with E-state index in [1.54, 1.807) is 18.2 Å².